The predicted octanol–water partition coefficient (Wildman–Crippen LogP) is 3.97. The van der Waals surface area contributed by atoms with Crippen molar-refractivity contribution < 1.29 is 14.8 Å². The van der Waals surface area contributed by atoms with Gasteiger partial charge in [-0.25, -0.2) is 9.78 Å². The fourth-order valence-electron chi connectivity index (χ4n) is 2.72. The van der Waals surface area contributed by atoms with Crippen molar-refractivity contribution in [3.8, 4) is 11.1 Å². The van der Waals surface area contributed by atoms with Crippen molar-refractivity contribution in [3.05, 3.63) is 88.1 Å². The van der Waals surface area contributed by atoms with Gasteiger partial charge in [0, 0.05) is 18.8 Å². The van der Waals surface area contributed by atoms with Crippen LogP contribution in [0.2, 0.25) is 0 Å². The number of carbonyl (C=O) groups is 1. The minimum Gasteiger partial charge on any atom is -0.478 e. The Bertz CT molecular complexity index is 958. The van der Waals surface area contributed by atoms with Gasteiger partial charge in [-0.05, 0) is 22.8 Å². The van der Waals surface area contributed by atoms with E-state index in [1.54, 1.807) is 18.2 Å². The third-order valence-corrected chi connectivity index (χ3v) is 3.88. The molecule has 1 aromatic heterocycles. The maximum Gasteiger partial charge on any atom is 0.336 e. The second-order valence-electron chi connectivity index (χ2n) is 5.49. The van der Waals surface area contributed by atoms with Crippen LogP contribution in [-0.2, 0) is 6.54 Å². The molecular weight excluding hydrogens is 334 g/mol. The Hall–Kier alpha value is -3.74. The Balaban J connectivity index is 1.97. The lowest BCUT2D eigenvalue weighted by Gasteiger charge is -2.13. The maximum absolute atomic E-state index is 11.9. The molecule has 0 bridgehead atoms. The summed E-state index contributed by atoms with van der Waals surface area (Å²) in [6.45, 7) is 0.0974. The van der Waals surface area contributed by atoms with E-state index in [0.717, 1.165) is 5.56 Å². The zero-order chi connectivity index (χ0) is 18.5. The van der Waals surface area contributed by atoms with Crippen LogP contribution in [0.3, 0.4) is 0 Å². The number of pyridine rings is 1. The lowest BCUT2D eigenvalue weighted by molar-refractivity contribution is -0.384. The van der Waals surface area contributed by atoms with Crippen LogP contribution in [0.1, 0.15) is 15.9 Å². The third kappa shape index (κ3) is 3.51. The number of nitrogens with one attached hydrogen (secondary N) is 1. The molecule has 0 radical (unpaired) electrons. The Morgan fingerprint density at radius 1 is 1.08 bits per heavy atom. The second kappa shape index (κ2) is 7.43. The lowest BCUT2D eigenvalue weighted by Crippen LogP contribution is -2.10. The molecule has 0 fully saturated rings. The summed E-state index contributed by atoms with van der Waals surface area (Å²) in [4.78, 5) is 26.4. The molecule has 0 saturated heterocycles. The van der Waals surface area contributed by atoms with Gasteiger partial charge in [0.25, 0.3) is 0 Å². The number of nitrogens with zero attached hydrogens (tertiary/aromatic N) is 2. The molecule has 0 aliphatic rings. The van der Waals surface area contributed by atoms with Gasteiger partial charge in [-0.3, -0.25) is 10.1 Å². The SMILES string of the molecule is O=C(O)c1c(CNc2ncccc2[N+](=O)[O-])cccc1-c1ccccc1. The Labute approximate surface area is 149 Å². The fourth-order valence-corrected chi connectivity index (χ4v) is 2.72. The quantitative estimate of drug-likeness (QED) is 0.515. The van der Waals surface area contributed by atoms with Crippen LogP contribution in [0.4, 0.5) is 11.5 Å². The van der Waals surface area contributed by atoms with Gasteiger partial charge in [0.2, 0.25) is 5.82 Å². The van der Waals surface area contributed by atoms with E-state index in [9.17, 15) is 20.0 Å². The predicted molar refractivity (Wildman–Crippen MR) is 97.1 cm³/mol. The maximum atomic E-state index is 11.9. The van der Waals surface area contributed by atoms with Gasteiger partial charge in [0.1, 0.15) is 0 Å². The summed E-state index contributed by atoms with van der Waals surface area (Å²) in [7, 11) is 0. The third-order valence-electron chi connectivity index (χ3n) is 3.88. The average molecular weight is 349 g/mol. The number of carboxylic acid groups (broad SMARTS) is 1. The number of hydrogen-bond donors (Lipinski definition) is 2. The summed E-state index contributed by atoms with van der Waals surface area (Å²) < 4.78 is 0. The van der Waals surface area contributed by atoms with Crippen molar-refractivity contribution in [3.63, 3.8) is 0 Å². The monoisotopic (exact) mass is 349 g/mol. The van der Waals surface area contributed by atoms with E-state index in [0.29, 0.717) is 11.1 Å². The largest absolute Gasteiger partial charge is 0.478 e. The summed E-state index contributed by atoms with van der Waals surface area (Å²) >= 11 is 0. The highest BCUT2D eigenvalue weighted by Gasteiger charge is 2.18. The molecule has 7 heteroatoms. The van der Waals surface area contributed by atoms with E-state index < -0.39 is 10.9 Å². The van der Waals surface area contributed by atoms with E-state index in [2.05, 4.69) is 10.3 Å². The lowest BCUT2D eigenvalue weighted by atomic mass is 9.95. The Morgan fingerprint density at radius 3 is 2.54 bits per heavy atom. The Kier molecular flexibility index (Phi) is 4.89. The molecule has 7 nitrogen and oxygen atoms in total. The summed E-state index contributed by atoms with van der Waals surface area (Å²) in [5.41, 5.74) is 1.88. The molecule has 130 valence electrons. The zero-order valence-corrected chi connectivity index (χ0v) is 13.6. The first-order valence-corrected chi connectivity index (χ1v) is 7.82. The van der Waals surface area contributed by atoms with Gasteiger partial charge in [-0.2, -0.15) is 0 Å². The molecule has 3 aromatic rings. The number of nitro groups is 1. The molecule has 0 aliphatic carbocycles. The van der Waals surface area contributed by atoms with Crippen molar-refractivity contribution in [2.45, 2.75) is 6.54 Å². The molecule has 26 heavy (non-hydrogen) atoms. The van der Waals surface area contributed by atoms with Crippen molar-refractivity contribution >= 4 is 17.5 Å². The second-order valence-corrected chi connectivity index (χ2v) is 5.49. The topological polar surface area (TPSA) is 105 Å². The van der Waals surface area contributed by atoms with E-state index in [1.165, 1.54) is 18.3 Å². The van der Waals surface area contributed by atoms with Crippen molar-refractivity contribution in [2.24, 2.45) is 0 Å². The zero-order valence-electron chi connectivity index (χ0n) is 13.6. The van der Waals surface area contributed by atoms with Crippen LogP contribution in [0, 0.1) is 10.1 Å². The average Bonchev–Trinajstić information content (AvgIpc) is 2.66. The number of rotatable bonds is 6. The number of aromatic nitrogens is 1. The van der Waals surface area contributed by atoms with E-state index in [1.807, 2.05) is 30.3 Å². The smallest absolute Gasteiger partial charge is 0.336 e. The summed E-state index contributed by atoms with van der Waals surface area (Å²) in [5.74, 6) is -0.962. The van der Waals surface area contributed by atoms with Crippen molar-refractivity contribution in [1.82, 2.24) is 4.98 Å². The molecule has 0 saturated carbocycles. The molecule has 0 spiro atoms. The van der Waals surface area contributed by atoms with Gasteiger partial charge in [-0.15, -0.1) is 0 Å². The first-order chi connectivity index (χ1) is 12.6. The highest BCUT2D eigenvalue weighted by Crippen LogP contribution is 2.28. The van der Waals surface area contributed by atoms with Gasteiger partial charge < -0.3 is 10.4 Å². The van der Waals surface area contributed by atoms with Crippen LogP contribution in [0.25, 0.3) is 11.1 Å². The minimum atomic E-state index is -1.06. The molecule has 1 heterocycles. The number of anilines is 1. The van der Waals surface area contributed by atoms with Crippen LogP contribution in [0.5, 0.6) is 0 Å². The normalized spacial score (nSPS) is 10.3. The highest BCUT2D eigenvalue weighted by molar-refractivity contribution is 5.97. The first kappa shape index (κ1) is 17.1. The number of carboxylic acids is 1. The fraction of sp³-hybridized carbons (Fsp3) is 0.0526. The minimum absolute atomic E-state index is 0.0963. The number of benzene rings is 2. The van der Waals surface area contributed by atoms with E-state index in [-0.39, 0.29) is 23.6 Å². The molecule has 2 aromatic carbocycles. The summed E-state index contributed by atoms with van der Waals surface area (Å²) in [6, 6.07) is 17.2. The molecule has 0 aliphatic heterocycles. The van der Waals surface area contributed by atoms with Gasteiger partial charge >= 0.3 is 11.7 Å². The summed E-state index contributed by atoms with van der Waals surface area (Å²) in [5, 5.41) is 23.6. The van der Waals surface area contributed by atoms with Gasteiger partial charge in [0.15, 0.2) is 0 Å². The van der Waals surface area contributed by atoms with Gasteiger partial charge in [-0.1, -0.05) is 48.5 Å². The molecule has 3 rings (SSSR count). The molecule has 2 N–H and O–H groups in total. The molecule has 0 unspecified atom stereocenters. The van der Waals surface area contributed by atoms with E-state index >= 15 is 0 Å². The summed E-state index contributed by atoms with van der Waals surface area (Å²) in [6.07, 6.45) is 1.44. The van der Waals surface area contributed by atoms with Crippen molar-refractivity contribution in [1.29, 1.82) is 0 Å². The molecular formula is C19H15N3O4. The Morgan fingerprint density at radius 2 is 1.85 bits per heavy atom. The standard InChI is InChI=1S/C19H15N3O4/c23-19(24)17-14(8-4-9-15(17)13-6-2-1-3-7-13)12-21-18-16(22(25)26)10-5-11-20-18/h1-11H,12H2,(H,20,21)(H,23,24). The van der Waals surface area contributed by atoms with Crippen LogP contribution in [-0.4, -0.2) is 21.0 Å². The number of aromatic carboxylic acids is 1. The van der Waals surface area contributed by atoms with Crippen LogP contribution >= 0.6 is 0 Å². The van der Waals surface area contributed by atoms with Crippen LogP contribution in [0.15, 0.2) is 66.9 Å². The van der Waals surface area contributed by atoms with Crippen LogP contribution < -0.4 is 5.32 Å². The van der Waals surface area contributed by atoms with Crippen molar-refractivity contribution in [2.75, 3.05) is 5.32 Å². The highest BCUT2D eigenvalue weighted by atomic mass is 16.6. The molecule has 0 atom stereocenters. The van der Waals surface area contributed by atoms with E-state index in [4.69, 9.17) is 0 Å². The first-order valence-electron chi connectivity index (χ1n) is 7.82. The number of hydrogen-bond acceptors (Lipinski definition) is 5. The van der Waals surface area contributed by atoms with Gasteiger partial charge in [0.05, 0.1) is 10.5 Å². The molecule has 0 amide bonds.